The average molecular weight is 1450 g/mol. The van der Waals surface area contributed by atoms with Crippen LogP contribution in [0.3, 0.4) is 0 Å². The van der Waals surface area contributed by atoms with Gasteiger partial charge in [0.25, 0.3) is 11.8 Å². The van der Waals surface area contributed by atoms with Gasteiger partial charge in [-0.3, -0.25) is 29.1 Å². The van der Waals surface area contributed by atoms with Gasteiger partial charge >= 0.3 is 0 Å². The minimum Gasteiger partial charge on any atom is -0.378 e. The van der Waals surface area contributed by atoms with E-state index in [0.717, 1.165) is 119 Å². The van der Waals surface area contributed by atoms with Crippen molar-refractivity contribution >= 4 is 47.0 Å². The van der Waals surface area contributed by atoms with E-state index in [4.69, 9.17) is 15.9 Å². The van der Waals surface area contributed by atoms with Crippen LogP contribution >= 0.6 is 0 Å². The molecule has 11 rings (SSSR count). The Hall–Kier alpha value is -9.44. The Kier molecular flexibility index (Phi) is 26.5. The summed E-state index contributed by atoms with van der Waals surface area (Å²) in [5.74, 6) is -5.39. The van der Waals surface area contributed by atoms with Gasteiger partial charge in [-0.15, -0.1) is 0 Å². The molecule has 105 heavy (non-hydrogen) atoms. The molecule has 5 atom stereocenters. The highest BCUT2D eigenvalue weighted by Gasteiger charge is 2.44. The molecule has 3 aliphatic heterocycles. The molecule has 8 aromatic rings. The fourth-order valence-corrected chi connectivity index (χ4v) is 13.6. The number of rotatable bonds is 18. The van der Waals surface area contributed by atoms with Crippen molar-refractivity contribution in [3.63, 3.8) is 0 Å². The van der Waals surface area contributed by atoms with Crippen LogP contribution in [0.2, 0.25) is 0 Å². The van der Waals surface area contributed by atoms with E-state index in [1.165, 1.54) is 30.5 Å². The first-order chi connectivity index (χ1) is 49.1. The molecular weight excluding hydrogens is 1350 g/mol. The molecule has 3 saturated heterocycles. The van der Waals surface area contributed by atoms with Gasteiger partial charge in [-0.25, -0.2) is 26.9 Å². The van der Waals surface area contributed by atoms with E-state index in [0.29, 0.717) is 29.6 Å². The second-order valence-corrected chi connectivity index (χ2v) is 29.8. The standard InChI is InChI=1S/C30H37F2N5O3.C26H29F2N5O3.C22H33N5O.CH4.H2/c1-19(33-28(40)26(38)20-15-22(31)17-23(32)16-20)27(39)34-25-18-24(35-37(25)29(2,3)4)30(11-13-36(5)14-12-30)21-9-7-6-8-10-21;1-16(29-25(36)23(34)17-12-19(27)14-20(28)13-17)24(35)30-22-15-21(31-32-22)26(8-10-33(2)11-9-26)18-6-4-3-5-7-18;1-16(23)20(28)24-19-15-18(25-27(19)21(2,3)4)22(11-13-26(5)14-12-22)17-9-7-6-8-10-17;;/h6-10,15-19,26,38H,11-14H2,1-5H3,(H,33,40)(H,34,39);3-7,12-16,23,34H,8-11H2,1-2H3,(H,29,36)(H2,30,31,32,35);6-10,15-16H,11-14,23H2,1-5H3,(H,24,28);1H4;1H/t19-,26-;16-,23-;16-;;/m000../s1. The summed E-state index contributed by atoms with van der Waals surface area (Å²) >= 11 is 0. The number of nitrogens with two attached hydrogens (primary N) is 1. The highest BCUT2D eigenvalue weighted by molar-refractivity contribution is 5.98. The summed E-state index contributed by atoms with van der Waals surface area (Å²) in [6, 6.07) is 38.9. The molecule has 22 nitrogen and oxygen atoms in total. The molecule has 6 heterocycles. The molecule has 3 aliphatic rings. The lowest BCUT2D eigenvalue weighted by Gasteiger charge is -2.40. The Balaban J connectivity index is 0.000000223. The Labute approximate surface area is 614 Å². The van der Waals surface area contributed by atoms with Crippen molar-refractivity contribution < 1.29 is 53.2 Å². The minimum absolute atomic E-state index is 0. The number of hydrogen-bond acceptors (Lipinski definition) is 14. The zero-order valence-corrected chi connectivity index (χ0v) is 61.3. The van der Waals surface area contributed by atoms with Gasteiger partial charge in [-0.05, 0) is 213 Å². The van der Waals surface area contributed by atoms with Gasteiger partial charge in [-0.1, -0.05) is 98.4 Å². The summed E-state index contributed by atoms with van der Waals surface area (Å²) in [5, 5.41) is 51.2. The summed E-state index contributed by atoms with van der Waals surface area (Å²) in [6.07, 6.45) is 1.81. The van der Waals surface area contributed by atoms with Crippen molar-refractivity contribution in [1.82, 2.24) is 55.1 Å². The number of aliphatic hydroxyl groups excluding tert-OH is 2. The van der Waals surface area contributed by atoms with Crippen molar-refractivity contribution in [2.45, 2.75) is 166 Å². The number of H-pyrrole nitrogens is 1. The van der Waals surface area contributed by atoms with Crippen LogP contribution in [0.1, 0.15) is 167 Å². The maximum absolute atomic E-state index is 13.6. The van der Waals surface area contributed by atoms with Crippen molar-refractivity contribution in [3.8, 4) is 0 Å². The number of aliphatic hydroxyl groups is 2. The third kappa shape index (κ3) is 19.6. The quantitative estimate of drug-likeness (QED) is 0.0361. The average Bonchev–Trinajstić information content (AvgIpc) is 0.926. The van der Waals surface area contributed by atoms with Gasteiger partial charge in [0.2, 0.25) is 17.7 Å². The Morgan fingerprint density at radius 3 is 1.12 bits per heavy atom. The number of anilines is 3. The molecule has 0 unspecified atom stereocenters. The first-order valence-corrected chi connectivity index (χ1v) is 35.2. The molecule has 26 heteroatoms. The van der Waals surface area contributed by atoms with Gasteiger partial charge < -0.3 is 57.2 Å². The Morgan fingerprint density at radius 2 is 0.790 bits per heavy atom. The van der Waals surface area contributed by atoms with Crippen molar-refractivity contribution in [2.24, 2.45) is 5.73 Å². The fourth-order valence-electron chi connectivity index (χ4n) is 13.6. The highest BCUT2D eigenvalue weighted by Crippen LogP contribution is 2.45. The van der Waals surface area contributed by atoms with Crippen molar-refractivity contribution in [2.75, 3.05) is 76.4 Å². The normalized spacial score (nSPS) is 17.4. The van der Waals surface area contributed by atoms with E-state index >= 15 is 0 Å². The predicted octanol–water partition coefficient (Wildman–Crippen LogP) is 10.8. The summed E-state index contributed by atoms with van der Waals surface area (Å²) in [4.78, 5) is 70.1. The first-order valence-electron chi connectivity index (χ1n) is 35.2. The van der Waals surface area contributed by atoms with Crippen molar-refractivity contribution in [3.05, 3.63) is 214 Å². The number of aromatic nitrogens is 6. The maximum atomic E-state index is 13.6. The minimum atomic E-state index is -1.85. The van der Waals surface area contributed by atoms with Gasteiger partial charge in [-0.2, -0.15) is 15.3 Å². The topological polar surface area (TPSA) is 286 Å². The Bertz CT molecular complexity index is 4210. The van der Waals surface area contributed by atoms with Crippen molar-refractivity contribution in [1.29, 1.82) is 0 Å². The van der Waals surface area contributed by atoms with E-state index in [1.807, 2.05) is 80.1 Å². The number of benzene rings is 5. The molecule has 0 aliphatic carbocycles. The lowest BCUT2D eigenvalue weighted by atomic mass is 9.70. The van der Waals surface area contributed by atoms with E-state index in [-0.39, 0.29) is 47.7 Å². The zero-order chi connectivity index (χ0) is 75.6. The summed E-state index contributed by atoms with van der Waals surface area (Å²) in [6.45, 7) is 22.5. The lowest BCUT2D eigenvalue weighted by Crippen LogP contribution is -2.44. The lowest BCUT2D eigenvalue weighted by molar-refractivity contribution is -0.132. The fraction of sp³-hybridized carbons (Fsp3) is 0.443. The third-order valence-electron chi connectivity index (χ3n) is 19.8. The number of nitrogens with zero attached hydrogens (tertiary/aromatic N) is 8. The largest absolute Gasteiger partial charge is 0.378 e. The maximum Gasteiger partial charge on any atom is 0.254 e. The van der Waals surface area contributed by atoms with Gasteiger partial charge in [0, 0.05) is 53.7 Å². The van der Waals surface area contributed by atoms with E-state index < -0.39 is 82.8 Å². The monoisotopic (exact) mass is 1450 g/mol. The van der Waals surface area contributed by atoms with Gasteiger partial charge in [0.05, 0.1) is 28.5 Å². The molecule has 5 aromatic carbocycles. The summed E-state index contributed by atoms with van der Waals surface area (Å²) < 4.78 is 57.6. The van der Waals surface area contributed by atoms with Crippen LogP contribution in [0, 0.1) is 23.3 Å². The zero-order valence-electron chi connectivity index (χ0n) is 61.3. The second-order valence-electron chi connectivity index (χ2n) is 29.8. The molecule has 0 spiro atoms. The number of carbonyl (C=O) groups is 5. The van der Waals surface area contributed by atoms with Crippen LogP contribution in [0.4, 0.5) is 35.0 Å². The second kappa shape index (κ2) is 34.2. The number of nitrogens with one attached hydrogen (secondary N) is 6. The molecule has 0 radical (unpaired) electrons. The van der Waals surface area contributed by atoms with Crippen LogP contribution in [0.5, 0.6) is 0 Å². The van der Waals surface area contributed by atoms with Gasteiger partial charge in [0.15, 0.2) is 18.0 Å². The van der Waals surface area contributed by atoms with Crippen LogP contribution in [-0.4, -0.2) is 163 Å². The number of aromatic amines is 1. The predicted molar refractivity (Wildman–Crippen MR) is 401 cm³/mol. The third-order valence-corrected chi connectivity index (χ3v) is 19.8. The highest BCUT2D eigenvalue weighted by atomic mass is 19.1. The number of amides is 5. The number of hydrogen-bond donors (Lipinski definition) is 9. The number of halogens is 4. The smallest absolute Gasteiger partial charge is 0.254 e. The molecular formula is C79H105F4N15O7. The van der Waals surface area contributed by atoms with Gasteiger partial charge in [0.1, 0.15) is 47.0 Å². The number of carbonyl (C=O) groups excluding carboxylic acids is 5. The summed E-state index contributed by atoms with van der Waals surface area (Å²) in [5.41, 5.74) is 10.2. The van der Waals surface area contributed by atoms with Crippen LogP contribution in [0.15, 0.2) is 146 Å². The molecule has 566 valence electrons. The SMILES string of the molecule is C.C[C@H](N)C(=O)Nc1cc(C2(c3ccccc3)CCN(C)CC2)nn1C(C)(C)C.C[C@H](NC(=O)[C@@H](O)c1cc(F)cc(F)c1)C(=O)Nc1cc(C2(c3ccccc3)CCN(C)CC2)[nH]n1.C[C@H](NC(=O)[C@@H](O)c1cc(F)cc(F)c1)C(=O)Nc1cc(C2(c3ccccc3)CCN(C)CC2)nn1C(C)(C)C.[HH]. The molecule has 0 saturated carbocycles. The van der Waals surface area contributed by atoms with E-state index in [9.17, 15) is 51.7 Å². The van der Waals surface area contributed by atoms with Crippen LogP contribution in [-0.2, 0) is 51.3 Å². The molecule has 3 fully saturated rings. The molecule has 0 bridgehead atoms. The first kappa shape index (κ1) is 81.2. The summed E-state index contributed by atoms with van der Waals surface area (Å²) in [7, 11) is 6.35. The van der Waals surface area contributed by atoms with E-state index in [2.05, 4.69) is 142 Å². The van der Waals surface area contributed by atoms with Crippen LogP contribution < -0.4 is 32.3 Å². The number of likely N-dealkylation sites (tertiary alicyclic amines) is 3. The van der Waals surface area contributed by atoms with Crippen LogP contribution in [0.25, 0.3) is 0 Å². The molecule has 3 aromatic heterocycles. The Morgan fingerprint density at radius 1 is 0.476 bits per heavy atom. The van der Waals surface area contributed by atoms with E-state index in [1.54, 1.807) is 17.7 Å². The molecule has 10 N–H and O–H groups in total. The molecule has 5 amide bonds. The number of piperidine rings is 3.